The third kappa shape index (κ3) is 5.28. The number of aromatic nitrogens is 2. The number of hydrogen-bond donors (Lipinski definition) is 2. The molecule has 1 aromatic heterocycles. The van der Waals surface area contributed by atoms with Crippen LogP contribution in [0.4, 0.5) is 20.6 Å². The van der Waals surface area contributed by atoms with Crippen LogP contribution in [0.5, 0.6) is 0 Å². The number of urea groups is 1. The van der Waals surface area contributed by atoms with E-state index in [0.717, 1.165) is 30.0 Å². The third-order valence-electron chi connectivity index (χ3n) is 5.48. The number of aryl methyl sites for hydroxylation is 1. The molecule has 1 aliphatic rings. The number of halogens is 1. The van der Waals surface area contributed by atoms with E-state index in [1.54, 1.807) is 4.90 Å². The minimum atomic E-state index is -0.369. The highest BCUT2D eigenvalue weighted by molar-refractivity contribution is 7.13. The van der Waals surface area contributed by atoms with Crippen molar-refractivity contribution in [1.29, 1.82) is 0 Å². The fourth-order valence-corrected chi connectivity index (χ4v) is 4.47. The number of carbonyl (C=O) groups is 2. The molecule has 7 nitrogen and oxygen atoms in total. The molecule has 4 rings (SSSR count). The number of benzene rings is 2. The number of amides is 3. The summed E-state index contributed by atoms with van der Waals surface area (Å²) in [6.45, 7) is 3.32. The van der Waals surface area contributed by atoms with Gasteiger partial charge in [-0.05, 0) is 61.2 Å². The normalized spacial score (nSPS) is 14.2. The molecule has 2 heterocycles. The predicted molar refractivity (Wildman–Crippen MR) is 123 cm³/mol. The second-order valence-corrected chi connectivity index (χ2v) is 8.66. The number of nitrogens with one attached hydrogen (secondary N) is 2. The molecule has 9 heteroatoms. The van der Waals surface area contributed by atoms with Gasteiger partial charge in [-0.15, -0.1) is 10.2 Å². The van der Waals surface area contributed by atoms with Crippen LogP contribution in [-0.2, 0) is 6.42 Å². The summed E-state index contributed by atoms with van der Waals surface area (Å²) >= 11 is 1.26. The Kier molecular flexibility index (Phi) is 6.75. The Morgan fingerprint density at radius 2 is 1.62 bits per heavy atom. The highest BCUT2D eigenvalue weighted by atomic mass is 32.1. The molecular formula is C23H24FN5O2S. The molecule has 3 amide bonds. The first-order valence-corrected chi connectivity index (χ1v) is 11.4. The zero-order valence-corrected chi connectivity index (χ0v) is 18.5. The van der Waals surface area contributed by atoms with Crippen LogP contribution in [0.3, 0.4) is 0 Å². The number of rotatable bonds is 5. The van der Waals surface area contributed by atoms with E-state index in [1.165, 1.54) is 41.2 Å². The summed E-state index contributed by atoms with van der Waals surface area (Å²) in [5.74, 6) is -0.574. The van der Waals surface area contributed by atoms with Crippen LogP contribution in [0.1, 0.15) is 46.1 Å². The quantitative estimate of drug-likeness (QED) is 0.575. The topological polar surface area (TPSA) is 87.2 Å². The van der Waals surface area contributed by atoms with Crippen LogP contribution in [-0.4, -0.2) is 40.1 Å². The first-order valence-electron chi connectivity index (χ1n) is 10.6. The van der Waals surface area contributed by atoms with Gasteiger partial charge in [0.2, 0.25) is 5.01 Å². The second-order valence-electron chi connectivity index (χ2n) is 7.65. The minimum absolute atomic E-state index is 0.107. The number of nitrogens with zero attached hydrogens (tertiary/aromatic N) is 3. The van der Waals surface area contributed by atoms with Crippen molar-refractivity contribution in [2.75, 3.05) is 23.7 Å². The van der Waals surface area contributed by atoms with Gasteiger partial charge in [-0.1, -0.05) is 30.4 Å². The number of hydrogen-bond acceptors (Lipinski definition) is 5. The lowest BCUT2D eigenvalue weighted by atomic mass is 9.98. The smallest absolute Gasteiger partial charge is 0.321 e. The predicted octanol–water partition coefficient (Wildman–Crippen LogP) is 4.90. The summed E-state index contributed by atoms with van der Waals surface area (Å²) < 4.78 is 13.0. The van der Waals surface area contributed by atoms with Crippen molar-refractivity contribution >= 4 is 34.6 Å². The standard InChI is InChI=1S/C23H24FN5O2S/c1-2-15-3-7-19(8-4-15)26-23(31)29-13-11-16(12-14-29)21-27-28-22(32-21)20(30)25-18-9-5-17(24)6-10-18/h3-10,16H,2,11-14H2,1H3,(H,25,30)(H,26,31). The zero-order valence-electron chi connectivity index (χ0n) is 17.7. The molecule has 0 saturated carbocycles. The Hall–Kier alpha value is -3.33. The van der Waals surface area contributed by atoms with E-state index in [9.17, 15) is 14.0 Å². The van der Waals surface area contributed by atoms with Gasteiger partial charge < -0.3 is 15.5 Å². The van der Waals surface area contributed by atoms with E-state index in [1.807, 2.05) is 24.3 Å². The number of piperidine rings is 1. The van der Waals surface area contributed by atoms with Crippen LogP contribution in [0, 0.1) is 5.82 Å². The van der Waals surface area contributed by atoms with E-state index < -0.39 is 0 Å². The summed E-state index contributed by atoms with van der Waals surface area (Å²) in [6, 6.07) is 13.3. The van der Waals surface area contributed by atoms with E-state index in [-0.39, 0.29) is 28.7 Å². The fraction of sp³-hybridized carbons (Fsp3) is 0.304. The summed E-state index contributed by atoms with van der Waals surface area (Å²) in [6.07, 6.45) is 2.48. The monoisotopic (exact) mass is 453 g/mol. The number of likely N-dealkylation sites (tertiary alicyclic amines) is 1. The minimum Gasteiger partial charge on any atom is -0.324 e. The molecule has 32 heavy (non-hydrogen) atoms. The molecule has 0 bridgehead atoms. The Balaban J connectivity index is 1.29. The zero-order chi connectivity index (χ0) is 22.5. The van der Waals surface area contributed by atoms with E-state index in [4.69, 9.17) is 0 Å². The SMILES string of the molecule is CCc1ccc(NC(=O)N2CCC(c3nnc(C(=O)Nc4ccc(F)cc4)s3)CC2)cc1. The second kappa shape index (κ2) is 9.86. The van der Waals surface area contributed by atoms with Gasteiger partial charge in [-0.2, -0.15) is 0 Å². The maximum Gasteiger partial charge on any atom is 0.321 e. The summed E-state index contributed by atoms with van der Waals surface area (Å²) in [4.78, 5) is 26.8. The molecule has 0 aliphatic carbocycles. The van der Waals surface area contributed by atoms with E-state index in [2.05, 4.69) is 27.8 Å². The Bertz CT molecular complexity index is 1080. The number of carbonyl (C=O) groups excluding carboxylic acids is 2. The molecule has 2 aromatic carbocycles. The molecule has 0 unspecified atom stereocenters. The Morgan fingerprint density at radius 1 is 1.00 bits per heavy atom. The van der Waals surface area contributed by atoms with Crippen molar-refractivity contribution in [1.82, 2.24) is 15.1 Å². The molecule has 0 atom stereocenters. The molecule has 3 aromatic rings. The van der Waals surface area contributed by atoms with Crippen LogP contribution >= 0.6 is 11.3 Å². The van der Waals surface area contributed by atoms with Crippen molar-refractivity contribution in [2.24, 2.45) is 0 Å². The van der Waals surface area contributed by atoms with Gasteiger partial charge in [0.15, 0.2) is 0 Å². The van der Waals surface area contributed by atoms with Crippen molar-refractivity contribution in [3.63, 3.8) is 0 Å². The van der Waals surface area contributed by atoms with Crippen molar-refractivity contribution < 1.29 is 14.0 Å². The van der Waals surface area contributed by atoms with Crippen LogP contribution in [0.2, 0.25) is 0 Å². The van der Waals surface area contributed by atoms with Crippen molar-refractivity contribution in [3.8, 4) is 0 Å². The summed E-state index contributed by atoms with van der Waals surface area (Å²) in [7, 11) is 0. The van der Waals surface area contributed by atoms with Gasteiger partial charge in [-0.3, -0.25) is 4.79 Å². The molecule has 0 spiro atoms. The number of anilines is 2. The molecule has 1 saturated heterocycles. The van der Waals surface area contributed by atoms with Gasteiger partial charge in [0.1, 0.15) is 10.8 Å². The van der Waals surface area contributed by atoms with Gasteiger partial charge in [-0.25, -0.2) is 9.18 Å². The maximum absolute atomic E-state index is 13.0. The molecule has 2 N–H and O–H groups in total. The van der Waals surface area contributed by atoms with Crippen molar-refractivity contribution in [2.45, 2.75) is 32.1 Å². The molecule has 166 valence electrons. The highest BCUT2D eigenvalue weighted by Gasteiger charge is 2.27. The fourth-order valence-electron chi connectivity index (χ4n) is 3.56. The van der Waals surface area contributed by atoms with Crippen molar-refractivity contribution in [3.05, 3.63) is 69.9 Å². The molecular weight excluding hydrogens is 429 g/mol. The Morgan fingerprint density at radius 3 is 2.28 bits per heavy atom. The van der Waals surface area contributed by atoms with Gasteiger partial charge in [0, 0.05) is 30.4 Å². The lowest BCUT2D eigenvalue weighted by molar-refractivity contribution is 0.102. The lowest BCUT2D eigenvalue weighted by Gasteiger charge is -2.31. The average molecular weight is 454 g/mol. The van der Waals surface area contributed by atoms with Crippen LogP contribution < -0.4 is 10.6 Å². The molecule has 1 aliphatic heterocycles. The third-order valence-corrected chi connectivity index (χ3v) is 6.57. The molecule has 0 radical (unpaired) electrons. The molecule has 1 fully saturated rings. The maximum atomic E-state index is 13.0. The highest BCUT2D eigenvalue weighted by Crippen LogP contribution is 2.30. The largest absolute Gasteiger partial charge is 0.324 e. The first-order chi connectivity index (χ1) is 15.5. The van der Waals surface area contributed by atoms with E-state index >= 15 is 0 Å². The summed E-state index contributed by atoms with van der Waals surface area (Å²) in [5, 5.41) is 14.9. The average Bonchev–Trinajstić information content (AvgIpc) is 3.32. The van der Waals surface area contributed by atoms with Crippen LogP contribution in [0.25, 0.3) is 0 Å². The van der Waals surface area contributed by atoms with E-state index in [0.29, 0.717) is 18.8 Å². The van der Waals surface area contributed by atoms with Gasteiger partial charge in [0.25, 0.3) is 5.91 Å². The first kappa shape index (κ1) is 21.9. The lowest BCUT2D eigenvalue weighted by Crippen LogP contribution is -2.40. The summed E-state index contributed by atoms with van der Waals surface area (Å²) in [5.41, 5.74) is 2.51. The van der Waals surface area contributed by atoms with Gasteiger partial charge in [0.05, 0.1) is 0 Å². The van der Waals surface area contributed by atoms with Gasteiger partial charge >= 0.3 is 6.03 Å². The van der Waals surface area contributed by atoms with Crippen LogP contribution in [0.15, 0.2) is 48.5 Å². The Labute approximate surface area is 189 Å².